The molecule has 1 aromatic rings. The van der Waals surface area contributed by atoms with E-state index in [4.69, 9.17) is 11.6 Å². The summed E-state index contributed by atoms with van der Waals surface area (Å²) in [5, 5.41) is 4.03. The second kappa shape index (κ2) is 6.63. The third-order valence-electron chi connectivity index (χ3n) is 3.31. The Morgan fingerprint density at radius 1 is 1.16 bits per heavy atom. The molecule has 1 nitrogen and oxygen atoms in total. The Kier molecular flexibility index (Phi) is 5.44. The van der Waals surface area contributed by atoms with E-state index >= 15 is 0 Å². The van der Waals surface area contributed by atoms with Crippen LogP contribution < -0.4 is 5.32 Å². The maximum atomic E-state index is 5.98. The summed E-state index contributed by atoms with van der Waals surface area (Å²) >= 11 is 5.98. The molecule has 0 aliphatic carbocycles. The molecule has 102 valence electrons. The topological polar surface area (TPSA) is 12.0 Å². The second-order valence-corrected chi connectivity index (χ2v) is 5.56. The standard InChI is InChI=1S/C17H22ClN/c1-11(2)13(5)17(12(3)4)14(6)19-16-9-7-8-15(18)10-16/h7-10,13,17,19H,1,3,6H2,2,4-5H3. The summed E-state index contributed by atoms with van der Waals surface area (Å²) in [6.45, 7) is 18.5. The average molecular weight is 276 g/mol. The van der Waals surface area contributed by atoms with E-state index in [1.807, 2.05) is 38.1 Å². The van der Waals surface area contributed by atoms with Gasteiger partial charge in [-0.1, -0.05) is 55.5 Å². The van der Waals surface area contributed by atoms with Gasteiger partial charge in [0, 0.05) is 22.3 Å². The van der Waals surface area contributed by atoms with Gasteiger partial charge in [-0.15, -0.1) is 0 Å². The summed E-state index contributed by atoms with van der Waals surface area (Å²) in [6, 6.07) is 7.61. The molecule has 0 saturated heterocycles. The maximum Gasteiger partial charge on any atom is 0.0426 e. The molecule has 2 atom stereocenters. The van der Waals surface area contributed by atoms with Gasteiger partial charge in [-0.2, -0.15) is 0 Å². The van der Waals surface area contributed by atoms with Gasteiger partial charge in [-0.05, 0) is 38.0 Å². The van der Waals surface area contributed by atoms with E-state index in [9.17, 15) is 0 Å². The lowest BCUT2D eigenvalue weighted by Gasteiger charge is -2.27. The summed E-state index contributed by atoms with van der Waals surface area (Å²) in [5.41, 5.74) is 4.07. The molecule has 2 unspecified atom stereocenters. The van der Waals surface area contributed by atoms with E-state index in [2.05, 4.69) is 32.0 Å². The number of allylic oxidation sites excluding steroid dienone is 2. The fourth-order valence-electron chi connectivity index (χ4n) is 2.14. The van der Waals surface area contributed by atoms with Gasteiger partial charge < -0.3 is 5.32 Å². The molecule has 1 rings (SSSR count). The molecule has 19 heavy (non-hydrogen) atoms. The molecule has 0 amide bonds. The van der Waals surface area contributed by atoms with Crippen LogP contribution >= 0.6 is 11.6 Å². The third kappa shape index (κ3) is 4.29. The second-order valence-electron chi connectivity index (χ2n) is 5.12. The van der Waals surface area contributed by atoms with Crippen molar-refractivity contribution in [1.29, 1.82) is 0 Å². The lowest BCUT2D eigenvalue weighted by Crippen LogP contribution is -2.20. The van der Waals surface area contributed by atoms with Crippen LogP contribution in [0.2, 0.25) is 5.02 Å². The van der Waals surface area contributed by atoms with Crippen molar-refractivity contribution >= 4 is 17.3 Å². The molecule has 0 heterocycles. The highest BCUT2D eigenvalue weighted by molar-refractivity contribution is 6.30. The van der Waals surface area contributed by atoms with Crippen LogP contribution in [0.25, 0.3) is 0 Å². The van der Waals surface area contributed by atoms with Gasteiger partial charge in [0.15, 0.2) is 0 Å². The van der Waals surface area contributed by atoms with E-state index < -0.39 is 0 Å². The molecule has 0 saturated carbocycles. The Balaban J connectivity index is 2.90. The fraction of sp³-hybridized carbons (Fsp3) is 0.294. The molecule has 0 bridgehead atoms. The minimum Gasteiger partial charge on any atom is -0.359 e. The number of nitrogens with one attached hydrogen (secondary N) is 1. The first-order chi connectivity index (χ1) is 8.82. The van der Waals surface area contributed by atoms with Crippen LogP contribution in [0.5, 0.6) is 0 Å². The normalized spacial score (nSPS) is 13.5. The third-order valence-corrected chi connectivity index (χ3v) is 3.55. The molecule has 0 aromatic heterocycles. The molecule has 1 aromatic carbocycles. The lowest BCUT2D eigenvalue weighted by atomic mass is 9.82. The number of hydrogen-bond acceptors (Lipinski definition) is 1. The van der Waals surface area contributed by atoms with E-state index in [0.29, 0.717) is 10.9 Å². The highest BCUT2D eigenvalue weighted by atomic mass is 35.5. The van der Waals surface area contributed by atoms with Crippen molar-refractivity contribution in [3.8, 4) is 0 Å². The molecule has 2 heteroatoms. The number of hydrogen-bond donors (Lipinski definition) is 1. The summed E-state index contributed by atoms with van der Waals surface area (Å²) in [4.78, 5) is 0. The minimum absolute atomic E-state index is 0.163. The van der Waals surface area contributed by atoms with Gasteiger partial charge in [0.25, 0.3) is 0 Å². The van der Waals surface area contributed by atoms with Crippen LogP contribution in [0.1, 0.15) is 20.8 Å². The summed E-state index contributed by atoms with van der Waals surface area (Å²) in [7, 11) is 0. The van der Waals surface area contributed by atoms with Crippen LogP contribution in [0, 0.1) is 11.8 Å². The molecule has 0 fully saturated rings. The van der Waals surface area contributed by atoms with Crippen LogP contribution in [-0.4, -0.2) is 0 Å². The molecule has 0 aliphatic heterocycles. The number of halogens is 1. The maximum absolute atomic E-state index is 5.98. The van der Waals surface area contributed by atoms with Crippen molar-refractivity contribution in [2.45, 2.75) is 20.8 Å². The molecular formula is C17H22ClN. The predicted octanol–water partition coefficient (Wildman–Crippen LogP) is 5.67. The monoisotopic (exact) mass is 275 g/mol. The van der Waals surface area contributed by atoms with Crippen LogP contribution in [0.15, 0.2) is 60.8 Å². The fourth-order valence-corrected chi connectivity index (χ4v) is 2.33. The summed E-state index contributed by atoms with van der Waals surface area (Å²) < 4.78 is 0. The average Bonchev–Trinajstić information content (AvgIpc) is 2.28. The smallest absolute Gasteiger partial charge is 0.0426 e. The van der Waals surface area contributed by atoms with E-state index in [1.165, 1.54) is 0 Å². The first kappa shape index (κ1) is 15.6. The van der Waals surface area contributed by atoms with Crippen LogP contribution in [0.4, 0.5) is 5.69 Å². The number of anilines is 1. The zero-order valence-electron chi connectivity index (χ0n) is 12.0. The van der Waals surface area contributed by atoms with Gasteiger partial charge in [-0.25, -0.2) is 0 Å². The molecular weight excluding hydrogens is 254 g/mol. The van der Waals surface area contributed by atoms with Gasteiger partial charge >= 0.3 is 0 Å². The largest absolute Gasteiger partial charge is 0.359 e. The van der Waals surface area contributed by atoms with Crippen molar-refractivity contribution in [1.82, 2.24) is 0 Å². The molecule has 1 N–H and O–H groups in total. The van der Waals surface area contributed by atoms with Gasteiger partial charge in [-0.3, -0.25) is 0 Å². The van der Waals surface area contributed by atoms with Crippen molar-refractivity contribution in [2.75, 3.05) is 5.32 Å². The Labute approximate surface area is 121 Å². The highest BCUT2D eigenvalue weighted by Crippen LogP contribution is 2.31. The SMILES string of the molecule is C=C(C)C(C)C(C(=C)C)C(=C)Nc1cccc(Cl)c1. The van der Waals surface area contributed by atoms with Crippen molar-refractivity contribution in [2.24, 2.45) is 11.8 Å². The summed E-state index contributed by atoms with van der Waals surface area (Å²) in [5.74, 6) is 0.466. The number of benzene rings is 1. The van der Waals surface area contributed by atoms with Gasteiger partial charge in [0.2, 0.25) is 0 Å². The van der Waals surface area contributed by atoms with Crippen molar-refractivity contribution < 1.29 is 0 Å². The minimum atomic E-state index is 0.163. The zero-order chi connectivity index (χ0) is 14.6. The van der Waals surface area contributed by atoms with E-state index in [-0.39, 0.29) is 5.92 Å². The first-order valence-corrected chi connectivity index (χ1v) is 6.73. The Hall–Kier alpha value is -1.47. The Morgan fingerprint density at radius 2 is 1.79 bits per heavy atom. The quantitative estimate of drug-likeness (QED) is 0.660. The highest BCUT2D eigenvalue weighted by Gasteiger charge is 2.21. The molecule has 0 spiro atoms. The molecule has 0 radical (unpaired) electrons. The van der Waals surface area contributed by atoms with E-state index in [1.54, 1.807) is 0 Å². The van der Waals surface area contributed by atoms with E-state index in [0.717, 1.165) is 22.5 Å². The summed E-state index contributed by atoms with van der Waals surface area (Å²) in [6.07, 6.45) is 0. The zero-order valence-corrected chi connectivity index (χ0v) is 12.7. The van der Waals surface area contributed by atoms with Crippen molar-refractivity contribution in [3.05, 3.63) is 65.9 Å². The van der Waals surface area contributed by atoms with Gasteiger partial charge in [0.1, 0.15) is 0 Å². The van der Waals surface area contributed by atoms with Crippen LogP contribution in [-0.2, 0) is 0 Å². The van der Waals surface area contributed by atoms with Crippen LogP contribution in [0.3, 0.4) is 0 Å². The lowest BCUT2D eigenvalue weighted by molar-refractivity contribution is 0.533. The first-order valence-electron chi connectivity index (χ1n) is 6.35. The van der Waals surface area contributed by atoms with Crippen molar-refractivity contribution in [3.63, 3.8) is 0 Å². The Bertz CT molecular complexity index is 502. The molecule has 0 aliphatic rings. The number of rotatable bonds is 6. The van der Waals surface area contributed by atoms with Gasteiger partial charge in [0.05, 0.1) is 0 Å². The Morgan fingerprint density at radius 3 is 2.26 bits per heavy atom. The predicted molar refractivity (Wildman–Crippen MR) is 86.5 cm³/mol.